The number of methoxy groups -OCH3 is 1. The molecule has 6 heteroatoms. The van der Waals surface area contributed by atoms with E-state index >= 15 is 0 Å². The lowest BCUT2D eigenvalue weighted by atomic mass is 10.1. The summed E-state index contributed by atoms with van der Waals surface area (Å²) in [7, 11) is 1.64. The zero-order valence-corrected chi connectivity index (χ0v) is 19.6. The molecule has 174 valence electrons. The highest BCUT2D eigenvalue weighted by molar-refractivity contribution is 5.96. The van der Waals surface area contributed by atoms with Crippen LogP contribution >= 0.6 is 0 Å². The van der Waals surface area contributed by atoms with Crippen LogP contribution in [0.25, 0.3) is 11.0 Å². The van der Waals surface area contributed by atoms with E-state index < -0.39 is 0 Å². The summed E-state index contributed by atoms with van der Waals surface area (Å²) >= 11 is 0. The van der Waals surface area contributed by atoms with Crippen molar-refractivity contribution in [1.29, 1.82) is 0 Å². The molecule has 2 heterocycles. The van der Waals surface area contributed by atoms with Crippen LogP contribution in [0.15, 0.2) is 72.8 Å². The van der Waals surface area contributed by atoms with Gasteiger partial charge < -0.3 is 18.9 Å². The van der Waals surface area contributed by atoms with Gasteiger partial charge in [0.2, 0.25) is 5.91 Å². The summed E-state index contributed by atoms with van der Waals surface area (Å²) in [6.07, 6.45) is 1.29. The molecule has 3 aromatic carbocycles. The molecule has 1 aromatic heterocycles. The van der Waals surface area contributed by atoms with Gasteiger partial charge in [0.25, 0.3) is 0 Å². The summed E-state index contributed by atoms with van der Waals surface area (Å²) in [4.78, 5) is 19.8. The number of carbonyl (C=O) groups excluding carboxylic acids is 1. The highest BCUT2D eigenvalue weighted by atomic mass is 16.5. The molecule has 1 aliphatic heterocycles. The van der Waals surface area contributed by atoms with Gasteiger partial charge in [0.1, 0.15) is 17.3 Å². The Hall–Kier alpha value is -3.80. The first-order chi connectivity index (χ1) is 16.6. The van der Waals surface area contributed by atoms with E-state index in [4.69, 9.17) is 14.5 Å². The molecule has 1 saturated heterocycles. The van der Waals surface area contributed by atoms with E-state index in [0.29, 0.717) is 19.6 Å². The van der Waals surface area contributed by atoms with Gasteiger partial charge in [0.05, 0.1) is 24.8 Å². The average Bonchev–Trinajstić information content (AvgIpc) is 3.43. The second-order valence-corrected chi connectivity index (χ2v) is 8.68. The van der Waals surface area contributed by atoms with Crippen LogP contribution in [0, 0.1) is 6.92 Å². The number of aryl methyl sites for hydroxylation is 2. The Morgan fingerprint density at radius 3 is 2.71 bits per heavy atom. The first-order valence-corrected chi connectivity index (χ1v) is 11.7. The van der Waals surface area contributed by atoms with Crippen molar-refractivity contribution in [3.63, 3.8) is 0 Å². The quantitative estimate of drug-likeness (QED) is 0.337. The first-order valence-electron chi connectivity index (χ1n) is 11.7. The third-order valence-corrected chi connectivity index (χ3v) is 6.42. The lowest BCUT2D eigenvalue weighted by molar-refractivity contribution is -0.117. The average molecular weight is 456 g/mol. The number of ether oxygens (including phenoxy) is 2. The molecule has 5 rings (SSSR count). The first kappa shape index (κ1) is 22.0. The Morgan fingerprint density at radius 2 is 1.85 bits per heavy atom. The molecule has 1 aliphatic rings. The van der Waals surface area contributed by atoms with E-state index in [0.717, 1.165) is 52.6 Å². The van der Waals surface area contributed by atoms with Crippen molar-refractivity contribution in [3.8, 4) is 11.5 Å². The Kier molecular flexibility index (Phi) is 6.21. The summed E-state index contributed by atoms with van der Waals surface area (Å²) in [6.45, 7) is 4.07. The monoisotopic (exact) mass is 455 g/mol. The lowest BCUT2D eigenvalue weighted by Crippen LogP contribution is -2.24. The third kappa shape index (κ3) is 4.36. The summed E-state index contributed by atoms with van der Waals surface area (Å²) < 4.78 is 13.6. The summed E-state index contributed by atoms with van der Waals surface area (Å²) in [5, 5.41) is 0. The van der Waals surface area contributed by atoms with Crippen molar-refractivity contribution in [1.82, 2.24) is 9.55 Å². The minimum Gasteiger partial charge on any atom is -0.497 e. The molecule has 0 bridgehead atoms. The van der Waals surface area contributed by atoms with Crippen molar-refractivity contribution in [2.75, 3.05) is 25.2 Å². The molecular formula is C28H29N3O3. The van der Waals surface area contributed by atoms with Gasteiger partial charge in [-0.05, 0) is 49.2 Å². The molecule has 1 amide bonds. The molecule has 0 aliphatic carbocycles. The largest absolute Gasteiger partial charge is 0.497 e. The fourth-order valence-corrected chi connectivity index (χ4v) is 4.67. The van der Waals surface area contributed by atoms with Crippen LogP contribution < -0.4 is 14.4 Å². The van der Waals surface area contributed by atoms with E-state index in [1.54, 1.807) is 7.11 Å². The van der Waals surface area contributed by atoms with Crippen molar-refractivity contribution in [3.05, 3.63) is 84.2 Å². The fourth-order valence-electron chi connectivity index (χ4n) is 4.67. The molecule has 6 nitrogen and oxygen atoms in total. The smallest absolute Gasteiger partial charge is 0.227 e. The third-order valence-electron chi connectivity index (χ3n) is 6.42. The number of amides is 1. The van der Waals surface area contributed by atoms with Crippen molar-refractivity contribution >= 4 is 22.6 Å². The molecule has 0 N–H and O–H groups in total. The fraction of sp³-hybridized carbons (Fsp3) is 0.286. The molecule has 34 heavy (non-hydrogen) atoms. The zero-order valence-electron chi connectivity index (χ0n) is 19.6. The SMILES string of the molecule is COc1cccc(N2C[C@@H](c3nc4ccccc4n3CCCOc3ccccc3C)CC2=O)c1. The van der Waals surface area contributed by atoms with Gasteiger partial charge in [-0.1, -0.05) is 36.4 Å². The van der Waals surface area contributed by atoms with Crippen molar-refractivity contribution < 1.29 is 14.3 Å². The number of rotatable bonds is 8. The molecule has 0 spiro atoms. The topological polar surface area (TPSA) is 56.6 Å². The molecule has 0 saturated carbocycles. The number of hydrogen-bond donors (Lipinski definition) is 0. The highest BCUT2D eigenvalue weighted by Gasteiger charge is 2.35. The summed E-state index contributed by atoms with van der Waals surface area (Å²) in [5.41, 5.74) is 4.06. The number of benzene rings is 3. The minimum atomic E-state index is 0.0309. The number of para-hydroxylation sites is 3. The maximum Gasteiger partial charge on any atom is 0.227 e. The number of anilines is 1. The van der Waals surface area contributed by atoms with Crippen molar-refractivity contribution in [2.45, 2.75) is 32.2 Å². The van der Waals surface area contributed by atoms with Crippen LogP contribution in [-0.2, 0) is 11.3 Å². The van der Waals surface area contributed by atoms with Gasteiger partial charge in [-0.3, -0.25) is 4.79 Å². The maximum absolute atomic E-state index is 13.0. The Bertz CT molecular complexity index is 1310. The van der Waals surface area contributed by atoms with Crippen LogP contribution in [0.5, 0.6) is 11.5 Å². The number of hydrogen-bond acceptors (Lipinski definition) is 4. The number of aromatic nitrogens is 2. The van der Waals surface area contributed by atoms with Crippen LogP contribution in [0.4, 0.5) is 5.69 Å². The van der Waals surface area contributed by atoms with Gasteiger partial charge in [0.15, 0.2) is 0 Å². The normalized spacial score (nSPS) is 15.8. The van der Waals surface area contributed by atoms with E-state index in [1.165, 1.54) is 0 Å². The Morgan fingerprint density at radius 1 is 1.03 bits per heavy atom. The van der Waals surface area contributed by atoms with E-state index in [9.17, 15) is 4.79 Å². The maximum atomic E-state index is 13.0. The highest BCUT2D eigenvalue weighted by Crippen LogP contribution is 2.34. The van der Waals surface area contributed by atoms with Crippen LogP contribution in [0.3, 0.4) is 0 Å². The molecule has 1 fully saturated rings. The van der Waals surface area contributed by atoms with Crippen molar-refractivity contribution in [2.24, 2.45) is 0 Å². The predicted octanol–water partition coefficient (Wildman–Crippen LogP) is 5.34. The van der Waals surface area contributed by atoms with Gasteiger partial charge in [-0.2, -0.15) is 0 Å². The number of fused-ring (bicyclic) bond motifs is 1. The van der Waals surface area contributed by atoms with Crippen LogP contribution in [-0.4, -0.2) is 35.7 Å². The standard InChI is InChI=1S/C28H29N3O3/c1-20-9-3-6-14-26(20)34-16-8-15-30-25-13-5-4-12-24(25)29-28(30)21-17-27(32)31(19-21)22-10-7-11-23(18-22)33-2/h3-7,9-14,18,21H,8,15-17,19H2,1-2H3/t21-/m0/s1. The molecule has 1 atom stereocenters. The van der Waals surface area contributed by atoms with Gasteiger partial charge in [-0.15, -0.1) is 0 Å². The van der Waals surface area contributed by atoms with Crippen LogP contribution in [0.2, 0.25) is 0 Å². The van der Waals surface area contributed by atoms with E-state index in [-0.39, 0.29) is 11.8 Å². The predicted molar refractivity (Wildman–Crippen MR) is 134 cm³/mol. The number of carbonyl (C=O) groups is 1. The number of nitrogens with zero attached hydrogens (tertiary/aromatic N) is 3. The Balaban J connectivity index is 1.35. The minimum absolute atomic E-state index is 0.0309. The van der Waals surface area contributed by atoms with Gasteiger partial charge in [-0.25, -0.2) is 4.98 Å². The van der Waals surface area contributed by atoms with Gasteiger partial charge >= 0.3 is 0 Å². The lowest BCUT2D eigenvalue weighted by Gasteiger charge is -2.18. The Labute approximate surface area is 199 Å². The van der Waals surface area contributed by atoms with Crippen LogP contribution in [0.1, 0.15) is 30.1 Å². The van der Waals surface area contributed by atoms with E-state index in [1.807, 2.05) is 65.6 Å². The molecule has 4 aromatic rings. The summed E-state index contributed by atoms with van der Waals surface area (Å²) in [5.74, 6) is 2.78. The second-order valence-electron chi connectivity index (χ2n) is 8.68. The molecule has 0 radical (unpaired) electrons. The zero-order chi connectivity index (χ0) is 23.5. The van der Waals surface area contributed by atoms with E-state index in [2.05, 4.69) is 23.6 Å². The van der Waals surface area contributed by atoms with Gasteiger partial charge in [0, 0.05) is 37.2 Å². The molecule has 0 unspecified atom stereocenters. The second kappa shape index (κ2) is 9.59. The summed E-state index contributed by atoms with van der Waals surface area (Å²) in [6, 6.07) is 23.9. The molecular weight excluding hydrogens is 426 g/mol. The number of imidazole rings is 1.